The van der Waals surface area contributed by atoms with E-state index in [0.29, 0.717) is 19.7 Å². The number of β-amino-alcohol motifs (C(OH)–C–C–N with tert-alkyl or cyclic N) is 1. The van der Waals surface area contributed by atoms with Crippen LogP contribution in [0.3, 0.4) is 0 Å². The van der Waals surface area contributed by atoms with E-state index in [4.69, 9.17) is 4.74 Å². The Labute approximate surface area is 86.0 Å². The molecule has 0 aromatic rings. The van der Waals surface area contributed by atoms with E-state index in [2.05, 4.69) is 15.9 Å². The number of aliphatic hydroxyl groups is 1. The second-order valence-corrected chi connectivity index (χ2v) is 4.19. The monoisotopic (exact) mass is 251 g/mol. The Balaban J connectivity index is 2.40. The van der Waals surface area contributed by atoms with Gasteiger partial charge >= 0.3 is 6.09 Å². The van der Waals surface area contributed by atoms with E-state index in [0.717, 1.165) is 6.42 Å². The van der Waals surface area contributed by atoms with Gasteiger partial charge in [-0.25, -0.2) is 4.79 Å². The van der Waals surface area contributed by atoms with Crippen LogP contribution in [0.5, 0.6) is 0 Å². The number of alkyl halides is 1. The van der Waals surface area contributed by atoms with Crippen molar-refractivity contribution in [2.24, 2.45) is 0 Å². The summed E-state index contributed by atoms with van der Waals surface area (Å²) in [6.45, 7) is 3.15. The topological polar surface area (TPSA) is 49.8 Å². The third-order valence-corrected chi connectivity index (χ3v) is 3.09. The number of piperidine rings is 1. The summed E-state index contributed by atoms with van der Waals surface area (Å²) in [6.07, 6.45) is -0.0564. The zero-order chi connectivity index (χ0) is 9.84. The maximum atomic E-state index is 11.2. The minimum absolute atomic E-state index is 0.0955. The molecule has 5 heteroatoms. The van der Waals surface area contributed by atoms with E-state index in [9.17, 15) is 9.90 Å². The summed E-state index contributed by atoms with van der Waals surface area (Å²) >= 11 is 3.34. The van der Waals surface area contributed by atoms with Gasteiger partial charge in [-0.3, -0.25) is 0 Å². The lowest BCUT2D eigenvalue weighted by Gasteiger charge is -2.32. The van der Waals surface area contributed by atoms with Gasteiger partial charge in [0.1, 0.15) is 0 Å². The average molecular weight is 252 g/mol. The van der Waals surface area contributed by atoms with Gasteiger partial charge in [-0.1, -0.05) is 15.9 Å². The molecule has 1 fully saturated rings. The molecule has 1 saturated heterocycles. The fraction of sp³-hybridized carbons (Fsp3) is 0.875. The van der Waals surface area contributed by atoms with E-state index >= 15 is 0 Å². The smallest absolute Gasteiger partial charge is 0.409 e. The molecule has 0 saturated carbocycles. The Morgan fingerprint density at radius 1 is 1.77 bits per heavy atom. The van der Waals surface area contributed by atoms with Gasteiger partial charge in [0, 0.05) is 11.4 Å². The molecular formula is C8H14BrNO3. The van der Waals surface area contributed by atoms with Crippen molar-refractivity contribution < 1.29 is 14.6 Å². The molecule has 1 aliphatic heterocycles. The van der Waals surface area contributed by atoms with Crippen molar-refractivity contribution in [2.75, 3.05) is 19.7 Å². The molecular weight excluding hydrogens is 238 g/mol. The molecule has 0 aliphatic carbocycles. The van der Waals surface area contributed by atoms with Crippen molar-refractivity contribution >= 4 is 22.0 Å². The van der Waals surface area contributed by atoms with Gasteiger partial charge in [0.05, 0.1) is 19.3 Å². The van der Waals surface area contributed by atoms with Gasteiger partial charge in [0.15, 0.2) is 0 Å². The van der Waals surface area contributed by atoms with Crippen molar-refractivity contribution in [1.82, 2.24) is 4.90 Å². The lowest BCUT2D eigenvalue weighted by atomic mass is 10.1. The molecule has 0 unspecified atom stereocenters. The van der Waals surface area contributed by atoms with Crippen LogP contribution in [0.2, 0.25) is 0 Å². The summed E-state index contributed by atoms with van der Waals surface area (Å²) in [5.74, 6) is 0. The van der Waals surface area contributed by atoms with Crippen LogP contribution in [0.4, 0.5) is 4.79 Å². The Hall–Kier alpha value is -0.290. The first-order chi connectivity index (χ1) is 6.15. The van der Waals surface area contributed by atoms with Crippen LogP contribution < -0.4 is 0 Å². The zero-order valence-electron chi connectivity index (χ0n) is 7.57. The van der Waals surface area contributed by atoms with Gasteiger partial charge < -0.3 is 14.7 Å². The molecule has 1 N–H and O–H groups in total. The molecule has 0 aromatic carbocycles. The fourth-order valence-electron chi connectivity index (χ4n) is 1.28. The minimum Gasteiger partial charge on any atom is -0.450 e. The molecule has 76 valence electrons. The Bertz CT molecular complexity index is 188. The van der Waals surface area contributed by atoms with Crippen molar-refractivity contribution in [3.63, 3.8) is 0 Å². The highest BCUT2D eigenvalue weighted by Gasteiger charge is 2.28. The van der Waals surface area contributed by atoms with Crippen molar-refractivity contribution in [3.8, 4) is 0 Å². The van der Waals surface area contributed by atoms with Crippen molar-refractivity contribution in [1.29, 1.82) is 0 Å². The number of ether oxygens (including phenoxy) is 1. The number of aliphatic hydroxyl groups excluding tert-OH is 1. The van der Waals surface area contributed by atoms with Gasteiger partial charge in [-0.15, -0.1) is 0 Å². The first kappa shape index (κ1) is 10.8. The number of nitrogens with zero attached hydrogens (tertiary/aromatic N) is 1. The number of hydrogen-bond donors (Lipinski definition) is 1. The van der Waals surface area contributed by atoms with Crippen LogP contribution in [0.25, 0.3) is 0 Å². The summed E-state index contributed by atoms with van der Waals surface area (Å²) in [7, 11) is 0. The molecule has 0 aromatic heterocycles. The molecule has 4 nitrogen and oxygen atoms in total. The summed E-state index contributed by atoms with van der Waals surface area (Å²) in [5.41, 5.74) is 0. The lowest BCUT2D eigenvalue weighted by molar-refractivity contribution is 0.0556. The Morgan fingerprint density at radius 2 is 2.46 bits per heavy atom. The number of amides is 1. The maximum absolute atomic E-state index is 11.2. The predicted octanol–water partition coefficient (Wildman–Crippen LogP) is 0.973. The molecule has 1 aliphatic rings. The van der Waals surface area contributed by atoms with Gasteiger partial charge in [0.25, 0.3) is 0 Å². The highest BCUT2D eigenvalue weighted by Crippen LogP contribution is 2.18. The number of hydrogen-bond acceptors (Lipinski definition) is 3. The lowest BCUT2D eigenvalue weighted by Crippen LogP contribution is -2.47. The van der Waals surface area contributed by atoms with Crippen LogP contribution in [-0.2, 0) is 4.74 Å². The third kappa shape index (κ3) is 2.84. The summed E-state index contributed by atoms with van der Waals surface area (Å²) in [4.78, 5) is 12.9. The SMILES string of the molecule is CCOC(=O)N1CC[C@H](Br)[C@@H](O)C1. The fourth-order valence-corrected chi connectivity index (χ4v) is 1.66. The van der Waals surface area contributed by atoms with Crippen molar-refractivity contribution in [3.05, 3.63) is 0 Å². The van der Waals surface area contributed by atoms with E-state index in [1.54, 1.807) is 6.92 Å². The largest absolute Gasteiger partial charge is 0.450 e. The van der Waals surface area contributed by atoms with E-state index < -0.39 is 6.10 Å². The number of rotatable bonds is 1. The number of carbonyl (C=O) groups excluding carboxylic acids is 1. The molecule has 0 bridgehead atoms. The van der Waals surface area contributed by atoms with Gasteiger partial charge in [-0.05, 0) is 13.3 Å². The van der Waals surface area contributed by atoms with Crippen LogP contribution in [0.1, 0.15) is 13.3 Å². The quantitative estimate of drug-likeness (QED) is 0.707. The number of carbonyl (C=O) groups is 1. The van der Waals surface area contributed by atoms with E-state index in [1.165, 1.54) is 4.90 Å². The van der Waals surface area contributed by atoms with Crippen LogP contribution in [0.15, 0.2) is 0 Å². The van der Waals surface area contributed by atoms with Crippen molar-refractivity contribution in [2.45, 2.75) is 24.3 Å². The van der Waals surface area contributed by atoms with Gasteiger partial charge in [0.2, 0.25) is 0 Å². The summed E-state index contributed by atoms with van der Waals surface area (Å²) in [5, 5.41) is 9.47. The predicted molar refractivity (Wildman–Crippen MR) is 51.9 cm³/mol. The highest BCUT2D eigenvalue weighted by atomic mass is 79.9. The first-order valence-corrected chi connectivity index (χ1v) is 5.30. The van der Waals surface area contributed by atoms with Crippen LogP contribution in [0, 0.1) is 0 Å². The molecule has 0 spiro atoms. The zero-order valence-corrected chi connectivity index (χ0v) is 9.16. The first-order valence-electron chi connectivity index (χ1n) is 4.39. The Morgan fingerprint density at radius 3 is 3.00 bits per heavy atom. The molecule has 1 heterocycles. The molecule has 1 amide bonds. The van der Waals surface area contributed by atoms with Crippen LogP contribution >= 0.6 is 15.9 Å². The summed E-state index contributed by atoms with van der Waals surface area (Å²) < 4.78 is 4.83. The maximum Gasteiger partial charge on any atom is 0.409 e. The molecule has 1 rings (SSSR count). The average Bonchev–Trinajstić information content (AvgIpc) is 2.10. The second-order valence-electron chi connectivity index (χ2n) is 3.02. The summed E-state index contributed by atoms with van der Waals surface area (Å²) in [6, 6.07) is 0. The molecule has 0 radical (unpaired) electrons. The molecule has 13 heavy (non-hydrogen) atoms. The van der Waals surface area contributed by atoms with E-state index in [-0.39, 0.29) is 10.9 Å². The molecule has 2 atom stereocenters. The number of halogens is 1. The highest BCUT2D eigenvalue weighted by molar-refractivity contribution is 9.09. The second kappa shape index (κ2) is 4.81. The standard InChI is InChI=1S/C8H14BrNO3/c1-2-13-8(12)10-4-3-6(9)7(11)5-10/h6-7,11H,2-5H2,1H3/t6-,7-/m0/s1. The van der Waals surface area contributed by atoms with Gasteiger partial charge in [-0.2, -0.15) is 0 Å². The number of likely N-dealkylation sites (tertiary alicyclic amines) is 1. The van der Waals surface area contributed by atoms with Crippen LogP contribution in [-0.4, -0.2) is 46.7 Å². The minimum atomic E-state index is -0.488. The third-order valence-electron chi connectivity index (χ3n) is 2.03. The Kier molecular flexibility index (Phi) is 3.99. The normalized spacial score (nSPS) is 28.7. The van der Waals surface area contributed by atoms with E-state index in [1.807, 2.05) is 0 Å².